The van der Waals surface area contributed by atoms with Gasteiger partial charge in [0.25, 0.3) is 0 Å². The van der Waals surface area contributed by atoms with Crippen LogP contribution in [0.25, 0.3) is 0 Å². The second-order valence-electron chi connectivity index (χ2n) is 7.38. The number of hydrogen-bond acceptors (Lipinski definition) is 3. The van der Waals surface area contributed by atoms with E-state index in [1.807, 2.05) is 0 Å². The van der Waals surface area contributed by atoms with Gasteiger partial charge in [-0.3, -0.25) is 0 Å². The summed E-state index contributed by atoms with van der Waals surface area (Å²) in [5.41, 5.74) is 1.34. The summed E-state index contributed by atoms with van der Waals surface area (Å²) < 4.78 is 4.85. The van der Waals surface area contributed by atoms with Gasteiger partial charge in [-0.25, -0.2) is 9.59 Å². The maximum absolute atomic E-state index is 11.9. The Hall–Kier alpha value is -1.12. The number of hydrogen-bond donors (Lipinski definition) is 0. The molecule has 0 unspecified atom stereocenters. The summed E-state index contributed by atoms with van der Waals surface area (Å²) >= 11 is 0. The van der Waals surface area contributed by atoms with Crippen molar-refractivity contribution in [3.63, 3.8) is 0 Å². The zero-order valence-electron chi connectivity index (χ0n) is 16.5. The molecule has 1 aliphatic rings. The Morgan fingerprint density at radius 3 is 1.20 bits per heavy atom. The molecule has 0 aromatic carbocycles. The maximum Gasteiger partial charge on any atom is 0.342 e. The van der Waals surface area contributed by atoms with E-state index >= 15 is 0 Å². The van der Waals surface area contributed by atoms with Crippen LogP contribution in [-0.4, -0.2) is 11.9 Å². The molecule has 0 amide bonds. The third-order valence-corrected chi connectivity index (χ3v) is 5.10. The zero-order valence-corrected chi connectivity index (χ0v) is 16.5. The molecule has 1 rings (SSSR count). The van der Waals surface area contributed by atoms with Crippen LogP contribution in [0.1, 0.15) is 117 Å². The highest BCUT2D eigenvalue weighted by Crippen LogP contribution is 2.27. The number of esters is 2. The smallest absolute Gasteiger partial charge is 0.342 e. The van der Waals surface area contributed by atoms with Crippen LogP contribution in [0, 0.1) is 0 Å². The minimum Gasteiger partial charge on any atom is -0.386 e. The summed E-state index contributed by atoms with van der Waals surface area (Å²) in [6.45, 7) is 4.45. The molecule has 3 heteroatoms. The minimum absolute atomic E-state index is 0.381. The lowest BCUT2D eigenvalue weighted by atomic mass is 9.98. The molecule has 25 heavy (non-hydrogen) atoms. The molecular weight excluding hydrogens is 312 g/mol. The van der Waals surface area contributed by atoms with E-state index < -0.39 is 0 Å². The molecule has 0 fully saturated rings. The summed E-state index contributed by atoms with van der Waals surface area (Å²) in [5.74, 6) is -0.761. The molecule has 1 heterocycles. The predicted molar refractivity (Wildman–Crippen MR) is 103 cm³/mol. The molecule has 0 aromatic rings. The number of carbonyl (C=O) groups is 2. The standard InChI is InChI=1S/C22H38O3/c1-3-5-7-9-11-13-15-17-19-20(22(24)25-21(19)23)18-16-14-12-10-8-6-4-2/h3-18H2,1-2H3. The Labute approximate surface area is 154 Å². The lowest BCUT2D eigenvalue weighted by Gasteiger charge is -2.04. The van der Waals surface area contributed by atoms with Gasteiger partial charge in [0, 0.05) is 11.1 Å². The van der Waals surface area contributed by atoms with E-state index in [-0.39, 0.29) is 11.9 Å². The van der Waals surface area contributed by atoms with Crippen LogP contribution in [0.5, 0.6) is 0 Å². The van der Waals surface area contributed by atoms with Crippen LogP contribution in [0.3, 0.4) is 0 Å². The second kappa shape index (κ2) is 14.1. The van der Waals surface area contributed by atoms with Crippen LogP contribution in [-0.2, 0) is 14.3 Å². The van der Waals surface area contributed by atoms with Crippen molar-refractivity contribution >= 4 is 11.9 Å². The maximum atomic E-state index is 11.9. The van der Waals surface area contributed by atoms with Crippen molar-refractivity contribution in [2.24, 2.45) is 0 Å². The Balaban J connectivity index is 2.26. The summed E-state index contributed by atoms with van der Waals surface area (Å²) in [6.07, 6.45) is 18.5. The summed E-state index contributed by atoms with van der Waals surface area (Å²) in [4.78, 5) is 23.8. The zero-order chi connectivity index (χ0) is 18.3. The fourth-order valence-corrected chi connectivity index (χ4v) is 3.48. The molecule has 0 radical (unpaired) electrons. The van der Waals surface area contributed by atoms with Gasteiger partial charge in [0.1, 0.15) is 0 Å². The van der Waals surface area contributed by atoms with Crippen LogP contribution >= 0.6 is 0 Å². The van der Waals surface area contributed by atoms with Crippen molar-refractivity contribution in [1.82, 2.24) is 0 Å². The Morgan fingerprint density at radius 1 is 0.520 bits per heavy atom. The molecule has 3 nitrogen and oxygen atoms in total. The molecule has 144 valence electrons. The van der Waals surface area contributed by atoms with E-state index in [1.54, 1.807) is 0 Å². The van der Waals surface area contributed by atoms with Crippen molar-refractivity contribution in [3.8, 4) is 0 Å². The molecule has 1 aliphatic heterocycles. The Kier molecular flexibility index (Phi) is 12.4. The highest BCUT2D eigenvalue weighted by atomic mass is 16.6. The van der Waals surface area contributed by atoms with Gasteiger partial charge < -0.3 is 4.74 Å². The lowest BCUT2D eigenvalue weighted by molar-refractivity contribution is -0.151. The number of ether oxygens (including phenoxy) is 1. The molecule has 0 N–H and O–H groups in total. The van der Waals surface area contributed by atoms with Gasteiger partial charge in [-0.2, -0.15) is 0 Å². The topological polar surface area (TPSA) is 43.4 Å². The minimum atomic E-state index is -0.381. The van der Waals surface area contributed by atoms with Crippen molar-refractivity contribution in [1.29, 1.82) is 0 Å². The van der Waals surface area contributed by atoms with Gasteiger partial charge in [0.05, 0.1) is 0 Å². The molecular formula is C22H38O3. The third kappa shape index (κ3) is 9.23. The average Bonchev–Trinajstić information content (AvgIpc) is 2.86. The highest BCUT2D eigenvalue weighted by molar-refractivity contribution is 6.12. The van der Waals surface area contributed by atoms with Crippen molar-refractivity contribution in [3.05, 3.63) is 11.1 Å². The molecule has 0 saturated carbocycles. The Morgan fingerprint density at radius 2 is 0.840 bits per heavy atom. The first-order chi connectivity index (χ1) is 12.2. The van der Waals surface area contributed by atoms with Crippen LogP contribution in [0.15, 0.2) is 11.1 Å². The largest absolute Gasteiger partial charge is 0.386 e. The summed E-state index contributed by atoms with van der Waals surface area (Å²) in [5, 5.41) is 0. The van der Waals surface area contributed by atoms with E-state index in [2.05, 4.69) is 13.8 Å². The van der Waals surface area contributed by atoms with E-state index in [1.165, 1.54) is 64.2 Å². The van der Waals surface area contributed by atoms with E-state index in [0.29, 0.717) is 24.0 Å². The first kappa shape index (κ1) is 21.9. The van der Waals surface area contributed by atoms with Gasteiger partial charge in [-0.1, -0.05) is 90.9 Å². The average molecular weight is 351 g/mol. The molecule has 0 bridgehead atoms. The molecule has 0 aromatic heterocycles. The lowest BCUT2D eigenvalue weighted by Crippen LogP contribution is -2.02. The number of unbranched alkanes of at least 4 members (excludes halogenated alkanes) is 12. The van der Waals surface area contributed by atoms with Crippen LogP contribution < -0.4 is 0 Å². The number of rotatable bonds is 16. The fourth-order valence-electron chi connectivity index (χ4n) is 3.48. The quantitative estimate of drug-likeness (QED) is 0.178. The monoisotopic (exact) mass is 350 g/mol. The first-order valence-corrected chi connectivity index (χ1v) is 10.7. The van der Waals surface area contributed by atoms with Gasteiger partial charge >= 0.3 is 11.9 Å². The van der Waals surface area contributed by atoms with Crippen LogP contribution in [0.4, 0.5) is 0 Å². The third-order valence-electron chi connectivity index (χ3n) is 5.10. The predicted octanol–water partition coefficient (Wildman–Crippen LogP) is 6.65. The second-order valence-corrected chi connectivity index (χ2v) is 7.38. The van der Waals surface area contributed by atoms with E-state index in [9.17, 15) is 9.59 Å². The molecule has 0 atom stereocenters. The summed E-state index contributed by atoms with van der Waals surface area (Å²) in [6, 6.07) is 0. The van der Waals surface area contributed by atoms with Crippen molar-refractivity contribution in [2.45, 2.75) is 117 Å². The fraction of sp³-hybridized carbons (Fsp3) is 0.818. The van der Waals surface area contributed by atoms with E-state index in [4.69, 9.17) is 4.74 Å². The SMILES string of the molecule is CCCCCCCCCC1=C(CCCCCCCCC)C(=O)OC1=O. The summed E-state index contributed by atoms with van der Waals surface area (Å²) in [7, 11) is 0. The molecule has 0 spiro atoms. The van der Waals surface area contributed by atoms with Gasteiger partial charge in [-0.15, -0.1) is 0 Å². The van der Waals surface area contributed by atoms with Crippen molar-refractivity contribution < 1.29 is 14.3 Å². The van der Waals surface area contributed by atoms with Crippen molar-refractivity contribution in [2.75, 3.05) is 0 Å². The van der Waals surface area contributed by atoms with Gasteiger partial charge in [0.2, 0.25) is 0 Å². The highest BCUT2D eigenvalue weighted by Gasteiger charge is 2.31. The van der Waals surface area contributed by atoms with Gasteiger partial charge in [-0.05, 0) is 25.7 Å². The molecule has 0 saturated heterocycles. The normalized spacial score (nSPS) is 14.5. The van der Waals surface area contributed by atoms with Crippen LogP contribution in [0.2, 0.25) is 0 Å². The van der Waals surface area contributed by atoms with Gasteiger partial charge in [0.15, 0.2) is 0 Å². The Bertz CT molecular complexity index is 385. The molecule has 0 aliphatic carbocycles. The number of cyclic esters (lactones) is 2. The first-order valence-electron chi connectivity index (χ1n) is 10.7. The number of carbonyl (C=O) groups excluding carboxylic acids is 2. The van der Waals surface area contributed by atoms with E-state index in [0.717, 1.165) is 25.7 Å².